The molecule has 0 fully saturated rings. The molecule has 0 saturated heterocycles. The van der Waals surface area contributed by atoms with Crippen molar-refractivity contribution >= 4 is 29.0 Å². The van der Waals surface area contributed by atoms with Crippen LogP contribution in [0.5, 0.6) is 0 Å². The van der Waals surface area contributed by atoms with Gasteiger partial charge in [0.1, 0.15) is 6.04 Å². The minimum absolute atomic E-state index is 0.0360. The van der Waals surface area contributed by atoms with Crippen LogP contribution in [0.1, 0.15) is 12.0 Å². The molecule has 1 aliphatic rings. The molecule has 0 aromatic heterocycles. The summed E-state index contributed by atoms with van der Waals surface area (Å²) in [6.07, 6.45) is 3.75. The van der Waals surface area contributed by atoms with Crippen molar-refractivity contribution < 1.29 is 4.79 Å². The van der Waals surface area contributed by atoms with E-state index in [-0.39, 0.29) is 11.9 Å². The summed E-state index contributed by atoms with van der Waals surface area (Å²) in [5.41, 5.74) is 3.12. The molecule has 4 heteroatoms. The van der Waals surface area contributed by atoms with E-state index in [4.69, 9.17) is 0 Å². The molecule has 0 aliphatic carbocycles. The van der Waals surface area contributed by atoms with Crippen LogP contribution in [0.3, 0.4) is 0 Å². The van der Waals surface area contributed by atoms with Gasteiger partial charge in [0.25, 0.3) is 0 Å². The summed E-state index contributed by atoms with van der Waals surface area (Å²) in [7, 11) is 0. The van der Waals surface area contributed by atoms with Gasteiger partial charge in [-0.3, -0.25) is 4.79 Å². The van der Waals surface area contributed by atoms with E-state index in [0.717, 1.165) is 24.2 Å². The molecule has 2 aromatic carbocycles. The Morgan fingerprint density at radius 2 is 1.90 bits per heavy atom. The highest BCUT2D eigenvalue weighted by atomic mass is 32.2. The summed E-state index contributed by atoms with van der Waals surface area (Å²) in [6.45, 7) is 0. The van der Waals surface area contributed by atoms with E-state index in [0.29, 0.717) is 0 Å². The number of carbonyl (C=O) groups excluding carboxylic acids is 1. The van der Waals surface area contributed by atoms with Gasteiger partial charge in [-0.2, -0.15) is 0 Å². The zero-order valence-electron chi connectivity index (χ0n) is 11.9. The molecule has 1 unspecified atom stereocenters. The first kappa shape index (κ1) is 14.0. The van der Waals surface area contributed by atoms with Crippen LogP contribution in [0.25, 0.3) is 0 Å². The zero-order chi connectivity index (χ0) is 14.7. The van der Waals surface area contributed by atoms with Crippen molar-refractivity contribution in [3.05, 3.63) is 54.1 Å². The number of carbonyl (C=O) groups is 1. The summed E-state index contributed by atoms with van der Waals surface area (Å²) in [4.78, 5) is 13.5. The Morgan fingerprint density at radius 3 is 2.67 bits per heavy atom. The lowest BCUT2D eigenvalue weighted by Crippen LogP contribution is -2.33. The monoisotopic (exact) mass is 298 g/mol. The van der Waals surface area contributed by atoms with Crippen LogP contribution in [-0.4, -0.2) is 18.2 Å². The van der Waals surface area contributed by atoms with Gasteiger partial charge in [-0.05, 0) is 55.0 Å². The van der Waals surface area contributed by atoms with Crippen molar-refractivity contribution in [1.29, 1.82) is 0 Å². The maximum Gasteiger partial charge on any atom is 0.246 e. The van der Waals surface area contributed by atoms with Crippen molar-refractivity contribution in [2.24, 2.45) is 0 Å². The number of benzene rings is 2. The van der Waals surface area contributed by atoms with Crippen molar-refractivity contribution in [3.8, 4) is 0 Å². The van der Waals surface area contributed by atoms with Crippen LogP contribution < -0.4 is 10.6 Å². The Morgan fingerprint density at radius 1 is 1.14 bits per heavy atom. The molecule has 2 N–H and O–H groups in total. The number of para-hydroxylation sites is 1. The summed E-state index contributed by atoms with van der Waals surface area (Å²) < 4.78 is 0. The fourth-order valence-corrected chi connectivity index (χ4v) is 2.95. The van der Waals surface area contributed by atoms with Crippen LogP contribution in [0, 0.1) is 0 Å². The quantitative estimate of drug-likeness (QED) is 0.847. The second-order valence-corrected chi connectivity index (χ2v) is 5.99. The molecular formula is C17H18N2OS. The predicted octanol–water partition coefficient (Wildman–Crippen LogP) is 3.77. The topological polar surface area (TPSA) is 41.1 Å². The number of hydrogen-bond acceptors (Lipinski definition) is 3. The largest absolute Gasteiger partial charge is 0.374 e. The van der Waals surface area contributed by atoms with E-state index in [1.54, 1.807) is 11.8 Å². The highest BCUT2D eigenvalue weighted by Crippen LogP contribution is 2.24. The molecule has 1 atom stereocenters. The smallest absolute Gasteiger partial charge is 0.246 e. The number of hydrogen-bond donors (Lipinski definition) is 2. The molecule has 1 heterocycles. The molecule has 1 amide bonds. The van der Waals surface area contributed by atoms with E-state index in [2.05, 4.69) is 35.1 Å². The molecule has 21 heavy (non-hydrogen) atoms. The first-order valence-electron chi connectivity index (χ1n) is 7.05. The lowest BCUT2D eigenvalue weighted by atomic mass is 10.1. The Bertz CT molecular complexity index is 639. The molecule has 0 spiro atoms. The minimum Gasteiger partial charge on any atom is -0.374 e. The van der Waals surface area contributed by atoms with Crippen LogP contribution in [-0.2, 0) is 11.2 Å². The molecular weight excluding hydrogens is 280 g/mol. The van der Waals surface area contributed by atoms with Gasteiger partial charge in [-0.15, -0.1) is 11.8 Å². The number of anilines is 2. The maximum absolute atomic E-state index is 12.3. The first-order chi connectivity index (χ1) is 10.3. The Hall–Kier alpha value is -1.94. The van der Waals surface area contributed by atoms with Crippen molar-refractivity contribution in [3.63, 3.8) is 0 Å². The van der Waals surface area contributed by atoms with Gasteiger partial charge in [-0.25, -0.2) is 0 Å². The summed E-state index contributed by atoms with van der Waals surface area (Å²) in [5, 5.41) is 6.35. The predicted molar refractivity (Wildman–Crippen MR) is 89.0 cm³/mol. The lowest BCUT2D eigenvalue weighted by molar-refractivity contribution is -0.116. The van der Waals surface area contributed by atoms with Gasteiger partial charge >= 0.3 is 0 Å². The van der Waals surface area contributed by atoms with Crippen molar-refractivity contribution in [2.45, 2.75) is 23.8 Å². The third-order valence-electron chi connectivity index (χ3n) is 3.72. The fraction of sp³-hybridized carbons (Fsp3) is 0.235. The van der Waals surface area contributed by atoms with Crippen molar-refractivity contribution in [2.75, 3.05) is 16.9 Å². The molecule has 0 radical (unpaired) electrons. The molecule has 1 aliphatic heterocycles. The molecule has 0 bridgehead atoms. The van der Waals surface area contributed by atoms with Gasteiger partial charge in [-0.1, -0.05) is 18.2 Å². The van der Waals surface area contributed by atoms with E-state index in [1.807, 2.05) is 30.3 Å². The molecule has 2 aromatic rings. The van der Waals surface area contributed by atoms with Crippen LogP contribution >= 0.6 is 11.8 Å². The number of rotatable bonds is 3. The fourth-order valence-electron chi connectivity index (χ4n) is 2.54. The van der Waals surface area contributed by atoms with Gasteiger partial charge in [0.05, 0.1) is 0 Å². The van der Waals surface area contributed by atoms with E-state index < -0.39 is 0 Å². The normalized spacial score (nSPS) is 17.6. The van der Waals surface area contributed by atoms with Crippen LogP contribution in [0.4, 0.5) is 11.4 Å². The summed E-state index contributed by atoms with van der Waals surface area (Å²) in [6, 6.07) is 16.0. The molecule has 3 nitrogen and oxygen atoms in total. The Kier molecular flexibility index (Phi) is 4.15. The second-order valence-electron chi connectivity index (χ2n) is 5.11. The highest BCUT2D eigenvalue weighted by Gasteiger charge is 2.23. The number of thioether (sulfide) groups is 1. The van der Waals surface area contributed by atoms with Crippen LogP contribution in [0.15, 0.2) is 53.4 Å². The number of fused-ring (bicyclic) bond motifs is 1. The Labute approximate surface area is 129 Å². The second kappa shape index (κ2) is 6.22. The zero-order valence-corrected chi connectivity index (χ0v) is 12.7. The van der Waals surface area contributed by atoms with E-state index >= 15 is 0 Å². The summed E-state index contributed by atoms with van der Waals surface area (Å²) in [5.74, 6) is 0.0360. The molecule has 3 rings (SSSR count). The van der Waals surface area contributed by atoms with Gasteiger partial charge < -0.3 is 10.6 Å². The lowest BCUT2D eigenvalue weighted by Gasteiger charge is -2.16. The molecule has 0 saturated carbocycles. The van der Waals surface area contributed by atoms with E-state index in [1.165, 1.54) is 10.5 Å². The number of nitrogens with one attached hydrogen (secondary N) is 2. The SMILES string of the molecule is CSc1ccc(NC2CCc3ccccc3NC2=O)cc1. The van der Waals surface area contributed by atoms with Gasteiger partial charge in [0.15, 0.2) is 0 Å². The van der Waals surface area contributed by atoms with Crippen molar-refractivity contribution in [1.82, 2.24) is 0 Å². The molecule has 108 valence electrons. The van der Waals surface area contributed by atoms with Crippen LogP contribution in [0.2, 0.25) is 0 Å². The number of amides is 1. The highest BCUT2D eigenvalue weighted by molar-refractivity contribution is 7.98. The van der Waals surface area contributed by atoms with E-state index in [9.17, 15) is 4.79 Å². The standard InChI is InChI=1S/C17H18N2OS/c1-21-14-9-7-13(8-10-14)18-16-11-6-12-4-2-3-5-15(12)19-17(16)20/h2-5,7-10,16,18H,6,11H2,1H3,(H,19,20). The summed E-state index contributed by atoms with van der Waals surface area (Å²) >= 11 is 1.71. The average Bonchev–Trinajstić information content (AvgIpc) is 2.67. The average molecular weight is 298 g/mol. The minimum atomic E-state index is -0.197. The maximum atomic E-state index is 12.3. The third-order valence-corrected chi connectivity index (χ3v) is 4.47. The van der Waals surface area contributed by atoms with Gasteiger partial charge in [0, 0.05) is 16.3 Å². The van der Waals surface area contributed by atoms with Gasteiger partial charge in [0.2, 0.25) is 5.91 Å². The third kappa shape index (κ3) is 3.22. The number of aryl methyl sites for hydroxylation is 1. The first-order valence-corrected chi connectivity index (χ1v) is 8.28. The Balaban J connectivity index is 1.73.